The number of likely N-dealkylation sites (N-methyl/N-ethyl adjacent to an activating group) is 1. The van der Waals surface area contributed by atoms with Crippen LogP contribution in [0.2, 0.25) is 0 Å². The molecule has 0 bridgehead atoms. The molecule has 1 aliphatic heterocycles. The van der Waals surface area contributed by atoms with E-state index in [2.05, 4.69) is 5.32 Å². The van der Waals surface area contributed by atoms with E-state index in [1.807, 2.05) is 32.8 Å². The molecule has 1 heterocycles. The Kier molecular flexibility index (Phi) is 4.96. The lowest BCUT2D eigenvalue weighted by Crippen LogP contribution is -2.43. The fourth-order valence-corrected chi connectivity index (χ4v) is 2.97. The van der Waals surface area contributed by atoms with Crippen molar-refractivity contribution < 1.29 is 9.18 Å². The molecule has 0 aromatic heterocycles. The summed E-state index contributed by atoms with van der Waals surface area (Å²) >= 11 is 0. The van der Waals surface area contributed by atoms with Crippen LogP contribution in [0.3, 0.4) is 0 Å². The molecule has 1 aliphatic rings. The Morgan fingerprint density at radius 1 is 1.38 bits per heavy atom. The molecule has 3 atom stereocenters. The van der Waals surface area contributed by atoms with Gasteiger partial charge in [-0.15, -0.1) is 0 Å². The third-order valence-corrected chi connectivity index (χ3v) is 3.90. The third kappa shape index (κ3) is 3.24. The quantitative estimate of drug-likeness (QED) is 0.902. The van der Waals surface area contributed by atoms with E-state index in [9.17, 15) is 9.18 Å². The second-order valence-corrected chi connectivity index (χ2v) is 5.91. The van der Waals surface area contributed by atoms with Crippen molar-refractivity contribution in [3.05, 3.63) is 35.6 Å². The highest BCUT2D eigenvalue weighted by Gasteiger charge is 2.41. The number of rotatable bonds is 5. The summed E-state index contributed by atoms with van der Waals surface area (Å²) in [6, 6.07) is 6.43. The van der Waals surface area contributed by atoms with Crippen LogP contribution in [0.15, 0.2) is 24.3 Å². The van der Waals surface area contributed by atoms with Gasteiger partial charge in [0.15, 0.2) is 0 Å². The number of benzene rings is 1. The molecule has 1 saturated heterocycles. The molecule has 0 aliphatic carbocycles. The van der Waals surface area contributed by atoms with Crippen LogP contribution >= 0.6 is 0 Å². The molecule has 0 saturated carbocycles. The van der Waals surface area contributed by atoms with Gasteiger partial charge in [-0.2, -0.15) is 0 Å². The zero-order chi connectivity index (χ0) is 15.6. The van der Waals surface area contributed by atoms with E-state index in [1.54, 1.807) is 23.1 Å². The molecule has 4 nitrogen and oxygen atoms in total. The summed E-state index contributed by atoms with van der Waals surface area (Å²) in [6.07, 6.45) is 0.313. The number of hydrogen-bond acceptors (Lipinski definition) is 3. The fraction of sp³-hybridized carbons (Fsp3) is 0.562. The van der Waals surface area contributed by atoms with Gasteiger partial charge < -0.3 is 9.80 Å². The second-order valence-electron chi connectivity index (χ2n) is 5.91. The Labute approximate surface area is 125 Å². The molecular formula is C16H24FN3O. The lowest BCUT2D eigenvalue weighted by molar-refractivity contribution is -0.132. The number of carbonyl (C=O) groups is 1. The second kappa shape index (κ2) is 6.54. The summed E-state index contributed by atoms with van der Waals surface area (Å²) in [5, 5.41) is 3.27. The molecule has 1 fully saturated rings. The third-order valence-electron chi connectivity index (χ3n) is 3.90. The van der Waals surface area contributed by atoms with Crippen LogP contribution in [0.1, 0.15) is 32.0 Å². The summed E-state index contributed by atoms with van der Waals surface area (Å²) in [6.45, 7) is 4.72. The fourth-order valence-electron chi connectivity index (χ4n) is 2.97. The van der Waals surface area contributed by atoms with Crippen molar-refractivity contribution in [2.24, 2.45) is 0 Å². The van der Waals surface area contributed by atoms with Crippen LogP contribution in [-0.4, -0.2) is 48.4 Å². The largest absolute Gasteiger partial charge is 0.317 e. The number of nitrogens with zero attached hydrogens (tertiary/aromatic N) is 2. The van der Waals surface area contributed by atoms with E-state index in [1.165, 1.54) is 6.07 Å². The normalized spacial score (nSPS) is 23.9. The van der Waals surface area contributed by atoms with Crippen LogP contribution in [0.4, 0.5) is 4.39 Å². The highest BCUT2D eigenvalue weighted by molar-refractivity contribution is 5.84. The van der Waals surface area contributed by atoms with Crippen molar-refractivity contribution in [3.63, 3.8) is 0 Å². The first-order valence-corrected chi connectivity index (χ1v) is 7.43. The Hall–Kier alpha value is -1.46. The van der Waals surface area contributed by atoms with E-state index in [0.29, 0.717) is 12.0 Å². The average Bonchev–Trinajstić information content (AvgIpc) is 2.75. The van der Waals surface area contributed by atoms with Crippen molar-refractivity contribution in [2.45, 2.75) is 38.5 Å². The number of nitrogens with one attached hydrogen (secondary N) is 1. The number of carbonyl (C=O) groups excluding carboxylic acids is 1. The van der Waals surface area contributed by atoms with Gasteiger partial charge in [-0.25, -0.2) is 4.39 Å². The van der Waals surface area contributed by atoms with Crippen LogP contribution in [0.5, 0.6) is 0 Å². The summed E-state index contributed by atoms with van der Waals surface area (Å²) in [5.41, 5.74) is 0.535. The number of hydrogen-bond donors (Lipinski definition) is 1. The van der Waals surface area contributed by atoms with Crippen LogP contribution in [0.25, 0.3) is 0 Å². The first-order chi connectivity index (χ1) is 9.95. The van der Waals surface area contributed by atoms with Crippen molar-refractivity contribution in [1.82, 2.24) is 15.1 Å². The van der Waals surface area contributed by atoms with Gasteiger partial charge in [0.25, 0.3) is 0 Å². The molecule has 0 spiro atoms. The molecular weight excluding hydrogens is 269 g/mol. The van der Waals surface area contributed by atoms with E-state index < -0.39 is 6.17 Å². The van der Waals surface area contributed by atoms with Crippen molar-refractivity contribution >= 4 is 5.91 Å². The van der Waals surface area contributed by atoms with Gasteiger partial charge >= 0.3 is 0 Å². The van der Waals surface area contributed by atoms with E-state index in [0.717, 1.165) is 6.54 Å². The lowest BCUT2D eigenvalue weighted by Gasteiger charge is -2.32. The van der Waals surface area contributed by atoms with Gasteiger partial charge in [-0.05, 0) is 33.5 Å². The maximum absolute atomic E-state index is 14.1. The van der Waals surface area contributed by atoms with Crippen LogP contribution in [-0.2, 0) is 4.79 Å². The van der Waals surface area contributed by atoms with Crippen molar-refractivity contribution in [1.29, 1.82) is 0 Å². The molecule has 1 amide bonds. The van der Waals surface area contributed by atoms with E-state index in [4.69, 9.17) is 0 Å². The molecule has 1 aromatic carbocycles. The molecule has 0 radical (unpaired) electrons. The maximum atomic E-state index is 14.1. The molecule has 5 heteroatoms. The topological polar surface area (TPSA) is 35.6 Å². The summed E-state index contributed by atoms with van der Waals surface area (Å²) in [4.78, 5) is 16.4. The standard InChI is InChI=1S/C16H24FN3O/c1-5-14-16(21)20(11(2)10-19(3)4)15(18-14)12-8-6-7-9-13(12)17/h6-9,11,14-15,18H,5,10H2,1-4H3. The zero-order valence-corrected chi connectivity index (χ0v) is 13.1. The molecule has 21 heavy (non-hydrogen) atoms. The van der Waals surface area contributed by atoms with Gasteiger partial charge in [0.2, 0.25) is 5.91 Å². The molecule has 1 N–H and O–H groups in total. The summed E-state index contributed by atoms with van der Waals surface area (Å²) in [7, 11) is 3.94. The molecule has 1 aromatic rings. The minimum Gasteiger partial charge on any atom is -0.317 e. The van der Waals surface area contributed by atoms with Gasteiger partial charge in [0.1, 0.15) is 12.0 Å². The predicted octanol–water partition coefficient (Wildman–Crippen LogP) is 1.98. The predicted molar refractivity (Wildman–Crippen MR) is 81.2 cm³/mol. The summed E-state index contributed by atoms with van der Waals surface area (Å²) < 4.78 is 14.1. The zero-order valence-electron chi connectivity index (χ0n) is 13.1. The van der Waals surface area contributed by atoms with Gasteiger partial charge in [0.05, 0.1) is 6.04 Å². The smallest absolute Gasteiger partial charge is 0.241 e. The van der Waals surface area contributed by atoms with Crippen molar-refractivity contribution in [2.75, 3.05) is 20.6 Å². The highest BCUT2D eigenvalue weighted by atomic mass is 19.1. The van der Waals surface area contributed by atoms with E-state index in [-0.39, 0.29) is 23.8 Å². The minimum absolute atomic E-state index is 0.0150. The number of halogens is 1. The first-order valence-electron chi connectivity index (χ1n) is 7.43. The first kappa shape index (κ1) is 15.9. The Morgan fingerprint density at radius 2 is 2.05 bits per heavy atom. The summed E-state index contributed by atoms with van der Waals surface area (Å²) in [5.74, 6) is -0.221. The highest BCUT2D eigenvalue weighted by Crippen LogP contribution is 2.30. The van der Waals surface area contributed by atoms with Gasteiger partial charge in [-0.3, -0.25) is 10.1 Å². The minimum atomic E-state index is -0.390. The SMILES string of the molecule is CCC1NC(c2ccccc2F)N(C(C)CN(C)C)C1=O. The Bertz CT molecular complexity index is 506. The van der Waals surface area contributed by atoms with Crippen molar-refractivity contribution in [3.8, 4) is 0 Å². The Morgan fingerprint density at radius 3 is 2.62 bits per heavy atom. The van der Waals surface area contributed by atoms with Gasteiger partial charge in [-0.1, -0.05) is 25.1 Å². The average molecular weight is 293 g/mol. The molecule has 2 rings (SSSR count). The Balaban J connectivity index is 2.33. The van der Waals surface area contributed by atoms with E-state index >= 15 is 0 Å². The monoisotopic (exact) mass is 293 g/mol. The molecule has 3 unspecified atom stereocenters. The maximum Gasteiger partial charge on any atom is 0.241 e. The molecule has 116 valence electrons. The lowest BCUT2D eigenvalue weighted by atomic mass is 10.1. The van der Waals surface area contributed by atoms with Crippen LogP contribution < -0.4 is 5.32 Å². The van der Waals surface area contributed by atoms with Crippen LogP contribution in [0, 0.1) is 5.82 Å². The van der Waals surface area contributed by atoms with Gasteiger partial charge in [0, 0.05) is 18.2 Å². The number of amides is 1.